The molecule has 0 aliphatic carbocycles. The maximum Gasteiger partial charge on any atom is 0.228 e. The van der Waals surface area contributed by atoms with Gasteiger partial charge in [0, 0.05) is 17.4 Å². The second kappa shape index (κ2) is 11.3. The van der Waals surface area contributed by atoms with Crippen LogP contribution in [0.15, 0.2) is 96.1 Å². The van der Waals surface area contributed by atoms with Crippen molar-refractivity contribution in [3.05, 3.63) is 102 Å². The van der Waals surface area contributed by atoms with Crippen LogP contribution in [-0.2, 0) is 11.2 Å². The quantitative estimate of drug-likeness (QED) is 0.258. The second-order valence-corrected chi connectivity index (χ2v) is 7.84. The number of para-hydroxylation sites is 1. The van der Waals surface area contributed by atoms with Gasteiger partial charge in [-0.05, 0) is 59.7 Å². The van der Waals surface area contributed by atoms with E-state index in [0.29, 0.717) is 22.8 Å². The highest BCUT2D eigenvalue weighted by molar-refractivity contribution is 5.95. The largest absolute Gasteiger partial charge is 0.497 e. The van der Waals surface area contributed by atoms with Crippen LogP contribution in [0.4, 0.5) is 17.2 Å². The van der Waals surface area contributed by atoms with E-state index in [1.165, 1.54) is 0 Å². The number of aliphatic imine (C=N–C) groups is 1. The molecule has 0 saturated carbocycles. The summed E-state index contributed by atoms with van der Waals surface area (Å²) in [5.41, 5.74) is 10.4. The lowest BCUT2D eigenvalue weighted by Gasteiger charge is -2.08. The van der Waals surface area contributed by atoms with E-state index in [0.717, 1.165) is 22.4 Å². The third kappa shape index (κ3) is 6.24. The number of anilines is 2. The maximum absolute atomic E-state index is 12.4. The summed E-state index contributed by atoms with van der Waals surface area (Å²) >= 11 is 0. The fraction of sp³-hybridized carbons (Fsp3) is 0.0714. The third-order valence-electron chi connectivity index (χ3n) is 5.29. The van der Waals surface area contributed by atoms with Gasteiger partial charge < -0.3 is 21.1 Å². The number of guanidine groups is 1. The number of methoxy groups -OCH3 is 1. The molecule has 0 spiro atoms. The Bertz CT molecular complexity index is 1420. The second-order valence-electron chi connectivity index (χ2n) is 7.84. The molecule has 0 bridgehead atoms. The highest BCUT2D eigenvalue weighted by atomic mass is 16.5. The smallest absolute Gasteiger partial charge is 0.228 e. The summed E-state index contributed by atoms with van der Waals surface area (Å²) in [7, 11) is 1.60. The number of hydrogen-bond donors (Lipinski definition) is 3. The maximum atomic E-state index is 12.4. The van der Waals surface area contributed by atoms with Crippen LogP contribution < -0.4 is 21.1 Å². The van der Waals surface area contributed by atoms with Gasteiger partial charge in [0.15, 0.2) is 11.8 Å². The Morgan fingerprint density at radius 1 is 1.00 bits per heavy atom. The third-order valence-corrected chi connectivity index (χ3v) is 5.29. The Labute approximate surface area is 209 Å². The van der Waals surface area contributed by atoms with Crippen LogP contribution in [0.1, 0.15) is 11.1 Å². The molecule has 0 aliphatic heterocycles. The molecule has 0 fully saturated rings. The first-order valence-corrected chi connectivity index (χ1v) is 11.1. The number of benzene rings is 3. The van der Waals surface area contributed by atoms with Crippen molar-refractivity contribution in [1.82, 2.24) is 4.98 Å². The molecular formula is C28H24N6O2. The Kier molecular flexibility index (Phi) is 7.54. The minimum atomic E-state index is -0.108. The topological polar surface area (TPSA) is 125 Å². The van der Waals surface area contributed by atoms with E-state index >= 15 is 0 Å². The van der Waals surface area contributed by atoms with Crippen molar-refractivity contribution >= 4 is 29.1 Å². The zero-order valence-electron chi connectivity index (χ0n) is 19.6. The summed E-state index contributed by atoms with van der Waals surface area (Å²) in [4.78, 5) is 21.0. The van der Waals surface area contributed by atoms with Gasteiger partial charge in [-0.2, -0.15) is 10.3 Å². The number of carbonyl (C=O) groups is 1. The number of pyridine rings is 1. The van der Waals surface area contributed by atoms with Crippen molar-refractivity contribution in [1.29, 1.82) is 5.26 Å². The summed E-state index contributed by atoms with van der Waals surface area (Å²) < 4.78 is 5.20. The number of nitrogens with two attached hydrogens (primary N) is 1. The van der Waals surface area contributed by atoms with Crippen LogP contribution >= 0.6 is 0 Å². The van der Waals surface area contributed by atoms with Crippen LogP contribution in [-0.4, -0.2) is 24.0 Å². The van der Waals surface area contributed by atoms with Crippen LogP contribution in [0, 0.1) is 11.3 Å². The number of nitrogens with zero attached hydrogens (tertiary/aromatic N) is 3. The van der Waals surface area contributed by atoms with E-state index in [-0.39, 0.29) is 18.3 Å². The predicted octanol–water partition coefficient (Wildman–Crippen LogP) is 4.87. The van der Waals surface area contributed by atoms with Gasteiger partial charge in [0.2, 0.25) is 5.91 Å². The summed E-state index contributed by atoms with van der Waals surface area (Å²) in [5.74, 6) is 1.17. The summed E-state index contributed by atoms with van der Waals surface area (Å²) in [6, 6.07) is 27.7. The van der Waals surface area contributed by atoms with E-state index in [1.54, 1.807) is 43.6 Å². The molecule has 0 radical (unpaired) electrons. The van der Waals surface area contributed by atoms with E-state index in [2.05, 4.69) is 26.7 Å². The number of nitriles is 1. The van der Waals surface area contributed by atoms with Gasteiger partial charge in [0.1, 0.15) is 11.8 Å². The fourth-order valence-corrected chi connectivity index (χ4v) is 3.52. The number of aromatic nitrogens is 1. The average Bonchev–Trinajstić information content (AvgIpc) is 2.90. The molecule has 4 N–H and O–H groups in total. The van der Waals surface area contributed by atoms with E-state index in [1.807, 2.05) is 54.6 Å². The van der Waals surface area contributed by atoms with Crippen molar-refractivity contribution < 1.29 is 9.53 Å². The molecule has 36 heavy (non-hydrogen) atoms. The van der Waals surface area contributed by atoms with Crippen LogP contribution in [0.2, 0.25) is 0 Å². The Morgan fingerprint density at radius 2 is 1.78 bits per heavy atom. The molecule has 178 valence electrons. The Morgan fingerprint density at radius 3 is 2.50 bits per heavy atom. The van der Waals surface area contributed by atoms with Crippen LogP contribution in [0.25, 0.3) is 11.1 Å². The van der Waals surface area contributed by atoms with Crippen molar-refractivity contribution in [2.45, 2.75) is 6.42 Å². The molecule has 1 amide bonds. The van der Waals surface area contributed by atoms with Crippen LogP contribution in [0.3, 0.4) is 0 Å². The molecular weight excluding hydrogens is 452 g/mol. The highest BCUT2D eigenvalue weighted by Gasteiger charge is 2.07. The lowest BCUT2D eigenvalue weighted by atomic mass is 10.1. The average molecular weight is 477 g/mol. The molecule has 8 nitrogen and oxygen atoms in total. The summed E-state index contributed by atoms with van der Waals surface area (Å²) in [6.07, 6.45) is 1.96. The van der Waals surface area contributed by atoms with Crippen molar-refractivity contribution in [3.8, 4) is 22.9 Å². The van der Waals surface area contributed by atoms with Crippen LogP contribution in [0.5, 0.6) is 5.75 Å². The van der Waals surface area contributed by atoms with Gasteiger partial charge in [-0.3, -0.25) is 4.79 Å². The minimum Gasteiger partial charge on any atom is -0.497 e. The normalized spacial score (nSPS) is 10.8. The van der Waals surface area contributed by atoms with Crippen molar-refractivity contribution in [2.75, 3.05) is 17.7 Å². The SMILES string of the molecule is COc1cccc(CC(=O)Nc2ccc(-c3ccc(N=C(N)Nc4ccccc4C#N)nc3)cc2)c1. The molecule has 0 unspecified atom stereocenters. The first-order valence-electron chi connectivity index (χ1n) is 11.1. The molecule has 8 heteroatoms. The molecule has 4 aromatic rings. The lowest BCUT2D eigenvalue weighted by molar-refractivity contribution is -0.115. The molecule has 1 heterocycles. The van der Waals surface area contributed by atoms with Gasteiger partial charge in [0.05, 0.1) is 24.8 Å². The number of nitrogens with one attached hydrogen (secondary N) is 2. The van der Waals surface area contributed by atoms with E-state index in [4.69, 9.17) is 10.5 Å². The number of amides is 1. The van der Waals surface area contributed by atoms with Crippen molar-refractivity contribution in [3.63, 3.8) is 0 Å². The number of carbonyl (C=O) groups excluding carboxylic acids is 1. The first-order chi connectivity index (χ1) is 17.5. The zero-order chi connectivity index (χ0) is 25.3. The first kappa shape index (κ1) is 24.0. The molecule has 3 aromatic carbocycles. The molecule has 0 saturated heterocycles. The van der Waals surface area contributed by atoms with Gasteiger partial charge in [-0.25, -0.2) is 4.98 Å². The molecule has 1 aromatic heterocycles. The van der Waals surface area contributed by atoms with E-state index < -0.39 is 0 Å². The lowest BCUT2D eigenvalue weighted by Crippen LogP contribution is -2.22. The number of rotatable bonds is 7. The molecule has 0 atom stereocenters. The summed E-state index contributed by atoms with van der Waals surface area (Å²) in [6.45, 7) is 0. The monoisotopic (exact) mass is 476 g/mol. The highest BCUT2D eigenvalue weighted by Crippen LogP contribution is 2.23. The van der Waals surface area contributed by atoms with Gasteiger partial charge in [-0.15, -0.1) is 0 Å². The van der Waals surface area contributed by atoms with E-state index in [9.17, 15) is 10.1 Å². The Balaban J connectivity index is 1.37. The molecule has 0 aliphatic rings. The van der Waals surface area contributed by atoms with Gasteiger partial charge in [0.25, 0.3) is 0 Å². The summed E-state index contributed by atoms with van der Waals surface area (Å²) in [5, 5.41) is 15.0. The van der Waals surface area contributed by atoms with Gasteiger partial charge in [-0.1, -0.05) is 36.4 Å². The predicted molar refractivity (Wildman–Crippen MR) is 141 cm³/mol. The van der Waals surface area contributed by atoms with Gasteiger partial charge >= 0.3 is 0 Å². The Hall–Kier alpha value is -5.16. The van der Waals surface area contributed by atoms with Crippen molar-refractivity contribution in [2.24, 2.45) is 10.7 Å². The number of hydrogen-bond acceptors (Lipinski definition) is 5. The minimum absolute atomic E-state index is 0.108. The zero-order valence-corrected chi connectivity index (χ0v) is 19.6. The standard InChI is InChI=1S/C28H24N6O2/c1-36-24-7-4-5-19(15-24)16-27(35)32-23-12-9-20(10-13-23)22-11-14-26(31-18-22)34-28(30)33-25-8-3-2-6-21(25)17-29/h2-15,18H,16H2,1H3,(H,32,35)(H3,30,31,33,34). The number of ether oxygens (including phenoxy) is 1. The fourth-order valence-electron chi connectivity index (χ4n) is 3.52. The molecule has 4 rings (SSSR count).